The third-order valence-electron chi connectivity index (χ3n) is 2.80. The number of aryl methyl sites for hydroxylation is 1. The fourth-order valence-electron chi connectivity index (χ4n) is 1.83. The van der Waals surface area contributed by atoms with E-state index in [4.69, 9.17) is 4.42 Å². The zero-order valence-electron chi connectivity index (χ0n) is 10.9. The summed E-state index contributed by atoms with van der Waals surface area (Å²) in [6, 6.07) is 9.69. The lowest BCUT2D eigenvalue weighted by molar-refractivity contribution is 0.568. The Hall–Kier alpha value is -2.76. The predicted octanol–water partition coefficient (Wildman–Crippen LogP) is 2.45. The highest BCUT2D eigenvalue weighted by Gasteiger charge is 2.03. The molecule has 3 rings (SSSR count). The van der Waals surface area contributed by atoms with Crippen LogP contribution < -0.4 is 5.32 Å². The van der Waals surface area contributed by atoms with Crippen LogP contribution in [0.15, 0.2) is 47.3 Å². The number of hydrogen-bond acceptors (Lipinski definition) is 6. The molecule has 0 aliphatic heterocycles. The van der Waals surface area contributed by atoms with E-state index in [1.54, 1.807) is 6.20 Å². The van der Waals surface area contributed by atoms with E-state index >= 15 is 0 Å². The Balaban J connectivity index is 1.67. The van der Waals surface area contributed by atoms with E-state index in [2.05, 4.69) is 25.5 Å². The van der Waals surface area contributed by atoms with Gasteiger partial charge in [-0.25, -0.2) is 9.97 Å². The monoisotopic (exact) mass is 267 g/mol. The zero-order valence-corrected chi connectivity index (χ0v) is 10.9. The Bertz CT molecular complexity index is 679. The molecule has 3 aromatic rings. The summed E-state index contributed by atoms with van der Waals surface area (Å²) in [5.41, 5.74) is 2.86. The number of rotatable bonds is 4. The van der Waals surface area contributed by atoms with Crippen LogP contribution in [0.5, 0.6) is 0 Å². The van der Waals surface area contributed by atoms with Crippen molar-refractivity contribution in [3.8, 4) is 11.5 Å². The summed E-state index contributed by atoms with van der Waals surface area (Å²) in [6.07, 6.45) is 3.08. The summed E-state index contributed by atoms with van der Waals surface area (Å²) < 4.78 is 5.14. The highest BCUT2D eigenvalue weighted by Crippen LogP contribution is 2.19. The van der Waals surface area contributed by atoms with E-state index in [0.717, 1.165) is 22.8 Å². The lowest BCUT2D eigenvalue weighted by Gasteiger charge is -2.06. The molecule has 0 spiro atoms. The Kier molecular flexibility index (Phi) is 3.36. The molecule has 6 nitrogen and oxygen atoms in total. The number of nitrogens with one attached hydrogen (secondary N) is 1. The first-order chi connectivity index (χ1) is 9.81. The van der Waals surface area contributed by atoms with Crippen molar-refractivity contribution >= 4 is 5.69 Å². The third-order valence-corrected chi connectivity index (χ3v) is 2.80. The molecule has 2 heterocycles. The minimum Gasteiger partial charge on any atom is -0.423 e. The van der Waals surface area contributed by atoms with Crippen LogP contribution in [0.4, 0.5) is 5.69 Å². The Morgan fingerprint density at radius 1 is 1.15 bits per heavy atom. The molecule has 20 heavy (non-hydrogen) atoms. The molecule has 0 radical (unpaired) electrons. The SMILES string of the molecule is Cc1nccc(CNc2ccc(-c3nnco3)cc2)n1. The third kappa shape index (κ3) is 2.80. The maximum atomic E-state index is 5.14. The van der Waals surface area contributed by atoms with E-state index < -0.39 is 0 Å². The predicted molar refractivity (Wildman–Crippen MR) is 73.8 cm³/mol. The van der Waals surface area contributed by atoms with Gasteiger partial charge in [0.05, 0.1) is 12.2 Å². The van der Waals surface area contributed by atoms with Gasteiger partial charge in [0.15, 0.2) is 0 Å². The number of hydrogen-bond donors (Lipinski definition) is 1. The van der Waals surface area contributed by atoms with E-state index in [9.17, 15) is 0 Å². The van der Waals surface area contributed by atoms with Gasteiger partial charge in [-0.1, -0.05) is 0 Å². The second-order valence-electron chi connectivity index (χ2n) is 4.27. The smallest absolute Gasteiger partial charge is 0.247 e. The van der Waals surface area contributed by atoms with E-state index in [1.807, 2.05) is 37.3 Å². The summed E-state index contributed by atoms with van der Waals surface area (Å²) in [7, 11) is 0. The summed E-state index contributed by atoms with van der Waals surface area (Å²) in [6.45, 7) is 2.53. The van der Waals surface area contributed by atoms with Crippen LogP contribution in [-0.4, -0.2) is 20.2 Å². The summed E-state index contributed by atoms with van der Waals surface area (Å²) in [4.78, 5) is 8.41. The van der Waals surface area contributed by atoms with Gasteiger partial charge in [-0.2, -0.15) is 0 Å². The average molecular weight is 267 g/mol. The van der Waals surface area contributed by atoms with Gasteiger partial charge in [0, 0.05) is 17.4 Å². The number of benzene rings is 1. The fraction of sp³-hybridized carbons (Fsp3) is 0.143. The molecule has 0 bridgehead atoms. The first-order valence-electron chi connectivity index (χ1n) is 6.20. The summed E-state index contributed by atoms with van der Waals surface area (Å²) in [5.74, 6) is 1.29. The van der Waals surface area contributed by atoms with Crippen LogP contribution in [0.25, 0.3) is 11.5 Å². The quantitative estimate of drug-likeness (QED) is 0.782. The van der Waals surface area contributed by atoms with Crippen molar-refractivity contribution in [3.63, 3.8) is 0 Å². The molecule has 0 aliphatic rings. The first-order valence-corrected chi connectivity index (χ1v) is 6.20. The zero-order chi connectivity index (χ0) is 13.8. The first kappa shape index (κ1) is 12.3. The molecule has 1 N–H and O–H groups in total. The van der Waals surface area contributed by atoms with Crippen molar-refractivity contribution in [3.05, 3.63) is 54.4 Å². The molecule has 0 atom stereocenters. The van der Waals surface area contributed by atoms with Gasteiger partial charge >= 0.3 is 0 Å². The van der Waals surface area contributed by atoms with Crippen LogP contribution in [0.2, 0.25) is 0 Å². The molecule has 0 aliphatic carbocycles. The summed E-state index contributed by atoms with van der Waals surface area (Å²) in [5, 5.41) is 10.8. The van der Waals surface area contributed by atoms with Gasteiger partial charge in [0.25, 0.3) is 0 Å². The molecule has 2 aromatic heterocycles. The van der Waals surface area contributed by atoms with Gasteiger partial charge in [0.1, 0.15) is 5.82 Å². The minimum absolute atomic E-state index is 0.517. The van der Waals surface area contributed by atoms with Gasteiger partial charge in [0.2, 0.25) is 12.3 Å². The fourth-order valence-corrected chi connectivity index (χ4v) is 1.83. The van der Waals surface area contributed by atoms with Gasteiger partial charge in [-0.3, -0.25) is 0 Å². The van der Waals surface area contributed by atoms with Crippen molar-refractivity contribution in [2.45, 2.75) is 13.5 Å². The number of nitrogens with zero attached hydrogens (tertiary/aromatic N) is 4. The van der Waals surface area contributed by atoms with Crippen LogP contribution in [-0.2, 0) is 6.54 Å². The van der Waals surface area contributed by atoms with Crippen molar-refractivity contribution in [2.24, 2.45) is 0 Å². The lowest BCUT2D eigenvalue weighted by Crippen LogP contribution is -2.03. The second kappa shape index (κ2) is 5.48. The molecule has 0 saturated carbocycles. The Morgan fingerprint density at radius 2 is 2.00 bits per heavy atom. The average Bonchev–Trinajstić information content (AvgIpc) is 3.00. The highest BCUT2D eigenvalue weighted by molar-refractivity contribution is 5.58. The largest absolute Gasteiger partial charge is 0.423 e. The number of anilines is 1. The van der Waals surface area contributed by atoms with Crippen LogP contribution in [0, 0.1) is 6.92 Å². The van der Waals surface area contributed by atoms with Gasteiger partial charge in [-0.15, -0.1) is 10.2 Å². The summed E-state index contributed by atoms with van der Waals surface area (Å²) >= 11 is 0. The van der Waals surface area contributed by atoms with Crippen LogP contribution in [0.1, 0.15) is 11.5 Å². The molecule has 0 unspecified atom stereocenters. The molecule has 0 saturated heterocycles. The lowest BCUT2D eigenvalue weighted by atomic mass is 10.2. The topological polar surface area (TPSA) is 76.7 Å². The standard InChI is InChI=1S/C14H13N5O/c1-10-15-7-6-13(18-10)8-16-12-4-2-11(3-5-12)14-19-17-9-20-14/h2-7,9,16H,8H2,1H3. The van der Waals surface area contributed by atoms with Gasteiger partial charge in [-0.05, 0) is 37.3 Å². The van der Waals surface area contributed by atoms with Crippen molar-refractivity contribution < 1.29 is 4.42 Å². The van der Waals surface area contributed by atoms with Crippen LogP contribution in [0.3, 0.4) is 0 Å². The second-order valence-corrected chi connectivity index (χ2v) is 4.27. The molecule has 0 amide bonds. The molecule has 1 aromatic carbocycles. The molecule has 0 fully saturated rings. The number of aromatic nitrogens is 4. The molecule has 100 valence electrons. The van der Waals surface area contributed by atoms with Crippen molar-refractivity contribution in [2.75, 3.05) is 5.32 Å². The van der Waals surface area contributed by atoms with Gasteiger partial charge < -0.3 is 9.73 Å². The molecular weight excluding hydrogens is 254 g/mol. The van der Waals surface area contributed by atoms with Crippen molar-refractivity contribution in [1.82, 2.24) is 20.2 Å². The maximum Gasteiger partial charge on any atom is 0.247 e. The maximum absolute atomic E-state index is 5.14. The molecular formula is C14H13N5O. The van der Waals surface area contributed by atoms with E-state index in [0.29, 0.717) is 12.4 Å². The molecule has 6 heteroatoms. The van der Waals surface area contributed by atoms with Crippen molar-refractivity contribution in [1.29, 1.82) is 0 Å². The minimum atomic E-state index is 0.517. The van der Waals surface area contributed by atoms with E-state index in [1.165, 1.54) is 6.39 Å². The Morgan fingerprint density at radius 3 is 2.70 bits per heavy atom. The van der Waals surface area contributed by atoms with E-state index in [-0.39, 0.29) is 0 Å². The Labute approximate surface area is 115 Å². The van der Waals surface area contributed by atoms with Crippen LogP contribution >= 0.6 is 0 Å². The normalized spacial score (nSPS) is 10.4. The highest BCUT2D eigenvalue weighted by atomic mass is 16.4.